The molecule has 0 bridgehead atoms. The molecule has 1 aliphatic heterocycles. The zero-order valence-electron chi connectivity index (χ0n) is 13.4. The Morgan fingerprint density at radius 2 is 2.18 bits per heavy atom. The highest BCUT2D eigenvalue weighted by atomic mass is 32.1. The maximum atomic E-state index is 12.2. The number of hydrogen-bond acceptors (Lipinski definition) is 6. The van der Waals surface area contributed by atoms with Crippen LogP contribution in [0.15, 0.2) is 0 Å². The van der Waals surface area contributed by atoms with Crippen molar-refractivity contribution in [2.75, 3.05) is 31.1 Å². The largest absolute Gasteiger partial charge is 0.352 e. The van der Waals surface area contributed by atoms with E-state index in [-0.39, 0.29) is 11.9 Å². The van der Waals surface area contributed by atoms with Gasteiger partial charge in [-0.1, -0.05) is 6.92 Å². The molecular weight excluding hydrogens is 298 g/mol. The third-order valence-corrected chi connectivity index (χ3v) is 5.24. The fraction of sp³-hybridized carbons (Fsp3) is 0.800. The van der Waals surface area contributed by atoms with Crippen molar-refractivity contribution in [3.63, 3.8) is 0 Å². The lowest BCUT2D eigenvalue weighted by atomic mass is 10.2. The lowest BCUT2D eigenvalue weighted by Gasteiger charge is -2.26. The van der Waals surface area contributed by atoms with Crippen molar-refractivity contribution < 1.29 is 4.79 Å². The quantitative estimate of drug-likeness (QED) is 0.884. The van der Waals surface area contributed by atoms with E-state index in [2.05, 4.69) is 31.4 Å². The maximum absolute atomic E-state index is 12.2. The third kappa shape index (κ3) is 3.76. The summed E-state index contributed by atoms with van der Waals surface area (Å²) in [4.78, 5) is 21.4. The number of amides is 1. The number of aryl methyl sites for hydroxylation is 1. The van der Waals surface area contributed by atoms with Crippen LogP contribution in [0, 0.1) is 0 Å². The molecule has 2 aliphatic rings. The Hall–Kier alpha value is -1.21. The van der Waals surface area contributed by atoms with Crippen LogP contribution < -0.4 is 10.2 Å². The van der Waals surface area contributed by atoms with Crippen molar-refractivity contribution in [3.8, 4) is 0 Å². The van der Waals surface area contributed by atoms with E-state index in [1.165, 1.54) is 11.5 Å². The summed E-state index contributed by atoms with van der Waals surface area (Å²) in [5.41, 5.74) is 0. The highest BCUT2D eigenvalue weighted by Gasteiger charge is 2.29. The van der Waals surface area contributed by atoms with Crippen molar-refractivity contribution in [3.05, 3.63) is 5.82 Å². The molecule has 1 saturated carbocycles. The van der Waals surface area contributed by atoms with Crippen LogP contribution in [0.25, 0.3) is 0 Å². The van der Waals surface area contributed by atoms with E-state index in [4.69, 9.17) is 0 Å². The van der Waals surface area contributed by atoms with Crippen molar-refractivity contribution >= 4 is 22.6 Å². The lowest BCUT2D eigenvalue weighted by molar-refractivity contribution is -0.125. The summed E-state index contributed by atoms with van der Waals surface area (Å²) in [5, 5.41) is 4.13. The minimum absolute atomic E-state index is 0.0406. The van der Waals surface area contributed by atoms with Gasteiger partial charge in [-0.2, -0.15) is 4.37 Å². The van der Waals surface area contributed by atoms with Gasteiger partial charge >= 0.3 is 0 Å². The van der Waals surface area contributed by atoms with E-state index in [1.54, 1.807) is 0 Å². The molecule has 0 spiro atoms. The number of hydrogen-bond donors (Lipinski definition) is 1. The number of carbonyl (C=O) groups is 1. The first-order valence-electron chi connectivity index (χ1n) is 8.29. The van der Waals surface area contributed by atoms with Gasteiger partial charge in [0.2, 0.25) is 11.0 Å². The number of nitrogens with one attached hydrogen (secondary N) is 1. The molecular formula is C15H25N5OS. The van der Waals surface area contributed by atoms with E-state index in [0.717, 1.165) is 62.8 Å². The maximum Gasteiger partial charge on any atom is 0.237 e. The Balaban J connectivity index is 1.55. The average molecular weight is 323 g/mol. The van der Waals surface area contributed by atoms with Gasteiger partial charge in [0.05, 0.1) is 6.04 Å². The van der Waals surface area contributed by atoms with Gasteiger partial charge in [0.15, 0.2) is 0 Å². The van der Waals surface area contributed by atoms with E-state index >= 15 is 0 Å². The predicted octanol–water partition coefficient (Wildman–Crippen LogP) is 1.28. The summed E-state index contributed by atoms with van der Waals surface area (Å²) in [6, 6.07) is 0.397. The molecule has 1 amide bonds. The van der Waals surface area contributed by atoms with Gasteiger partial charge in [0.1, 0.15) is 5.82 Å². The SMILES string of the molecule is CCc1nsc(N2CCCN([C@H](C)C(=O)NC3CC3)CC2)n1. The van der Waals surface area contributed by atoms with Crippen molar-refractivity contribution in [1.82, 2.24) is 19.6 Å². The first kappa shape index (κ1) is 15.7. The fourth-order valence-corrected chi connectivity index (χ4v) is 3.55. The van der Waals surface area contributed by atoms with Gasteiger partial charge in [-0.25, -0.2) is 4.98 Å². The van der Waals surface area contributed by atoms with Gasteiger partial charge < -0.3 is 10.2 Å². The van der Waals surface area contributed by atoms with Crippen LogP contribution in [0.2, 0.25) is 0 Å². The number of nitrogens with zero attached hydrogens (tertiary/aromatic N) is 4. The van der Waals surface area contributed by atoms with Gasteiger partial charge in [0, 0.05) is 50.2 Å². The van der Waals surface area contributed by atoms with Crippen LogP contribution in [-0.2, 0) is 11.2 Å². The molecule has 0 aromatic carbocycles. The fourth-order valence-electron chi connectivity index (χ4n) is 2.75. The highest BCUT2D eigenvalue weighted by molar-refractivity contribution is 7.09. The molecule has 2 fully saturated rings. The molecule has 7 heteroatoms. The second-order valence-corrected chi connectivity index (χ2v) is 6.91. The third-order valence-electron chi connectivity index (χ3n) is 4.43. The van der Waals surface area contributed by atoms with Gasteiger partial charge in [0.25, 0.3) is 0 Å². The first-order chi connectivity index (χ1) is 10.7. The number of anilines is 1. The Morgan fingerprint density at radius 3 is 2.86 bits per heavy atom. The molecule has 1 saturated heterocycles. The van der Waals surface area contributed by atoms with Gasteiger partial charge in [-0.3, -0.25) is 9.69 Å². The number of carbonyl (C=O) groups excluding carboxylic acids is 1. The molecule has 22 heavy (non-hydrogen) atoms. The van der Waals surface area contributed by atoms with E-state index in [9.17, 15) is 4.79 Å². The summed E-state index contributed by atoms with van der Waals surface area (Å²) < 4.78 is 4.37. The molecule has 0 radical (unpaired) electrons. The summed E-state index contributed by atoms with van der Waals surface area (Å²) in [6.07, 6.45) is 4.23. The standard InChI is InChI=1S/C15H25N5OS/c1-3-13-17-15(22-18-13)20-8-4-7-19(9-10-20)11(2)14(21)16-12-5-6-12/h11-12H,3-10H2,1-2H3,(H,16,21)/t11-/m1/s1. The zero-order valence-corrected chi connectivity index (χ0v) is 14.2. The van der Waals surface area contributed by atoms with Crippen LogP contribution >= 0.6 is 11.5 Å². The molecule has 1 atom stereocenters. The van der Waals surface area contributed by atoms with Crippen LogP contribution in [0.3, 0.4) is 0 Å². The molecule has 2 heterocycles. The summed E-state index contributed by atoms with van der Waals surface area (Å²) >= 11 is 1.49. The summed E-state index contributed by atoms with van der Waals surface area (Å²) in [5.74, 6) is 1.11. The molecule has 1 aliphatic carbocycles. The smallest absolute Gasteiger partial charge is 0.237 e. The Kier molecular flexibility index (Phi) is 4.93. The second-order valence-electron chi connectivity index (χ2n) is 6.18. The number of rotatable bonds is 5. The van der Waals surface area contributed by atoms with Gasteiger partial charge in [-0.15, -0.1) is 0 Å². The van der Waals surface area contributed by atoms with Crippen molar-refractivity contribution in [2.45, 2.75) is 51.6 Å². The predicted molar refractivity (Wildman–Crippen MR) is 88.3 cm³/mol. The van der Waals surface area contributed by atoms with Gasteiger partial charge in [-0.05, 0) is 26.2 Å². The van der Waals surface area contributed by atoms with Crippen LogP contribution in [0.5, 0.6) is 0 Å². The zero-order chi connectivity index (χ0) is 15.5. The van der Waals surface area contributed by atoms with Crippen molar-refractivity contribution in [2.24, 2.45) is 0 Å². The second kappa shape index (κ2) is 6.91. The molecule has 1 N–H and O–H groups in total. The normalized spacial score (nSPS) is 21.5. The van der Waals surface area contributed by atoms with Crippen LogP contribution in [0.4, 0.5) is 5.13 Å². The summed E-state index contributed by atoms with van der Waals surface area (Å²) in [6.45, 7) is 7.88. The molecule has 122 valence electrons. The van der Waals surface area contributed by atoms with E-state index in [1.807, 2.05) is 6.92 Å². The minimum atomic E-state index is -0.0406. The average Bonchev–Trinajstić information content (AvgIpc) is 3.27. The molecule has 3 rings (SSSR count). The molecule has 0 unspecified atom stereocenters. The topological polar surface area (TPSA) is 61.4 Å². The molecule has 1 aromatic heterocycles. The Bertz CT molecular complexity index is 516. The summed E-state index contributed by atoms with van der Waals surface area (Å²) in [7, 11) is 0. The Labute approximate surface area is 136 Å². The number of aromatic nitrogens is 2. The molecule has 6 nitrogen and oxygen atoms in total. The minimum Gasteiger partial charge on any atom is -0.352 e. The van der Waals surface area contributed by atoms with Crippen LogP contribution in [-0.4, -0.2) is 58.4 Å². The lowest BCUT2D eigenvalue weighted by Crippen LogP contribution is -2.47. The highest BCUT2D eigenvalue weighted by Crippen LogP contribution is 2.21. The molecule has 1 aromatic rings. The van der Waals surface area contributed by atoms with E-state index in [0.29, 0.717) is 6.04 Å². The van der Waals surface area contributed by atoms with E-state index < -0.39 is 0 Å². The van der Waals surface area contributed by atoms with Crippen LogP contribution in [0.1, 0.15) is 38.9 Å². The first-order valence-corrected chi connectivity index (χ1v) is 9.06. The van der Waals surface area contributed by atoms with Crippen molar-refractivity contribution in [1.29, 1.82) is 0 Å². The monoisotopic (exact) mass is 323 g/mol. The Morgan fingerprint density at radius 1 is 1.36 bits per heavy atom.